The lowest BCUT2D eigenvalue weighted by molar-refractivity contribution is -0.135. The molecule has 23 heavy (non-hydrogen) atoms. The van der Waals surface area contributed by atoms with Gasteiger partial charge in [-0.05, 0) is 18.1 Å². The van der Waals surface area contributed by atoms with E-state index in [4.69, 9.17) is 13.9 Å². The van der Waals surface area contributed by atoms with Crippen molar-refractivity contribution in [2.24, 2.45) is 5.41 Å². The first-order valence-corrected chi connectivity index (χ1v) is 11.0. The molecule has 126 valence electrons. The van der Waals surface area contributed by atoms with Crippen LogP contribution in [0.25, 0.3) is 0 Å². The van der Waals surface area contributed by atoms with E-state index in [-0.39, 0.29) is 11.0 Å². The van der Waals surface area contributed by atoms with Crippen LogP contribution in [-0.4, -0.2) is 33.6 Å². The Morgan fingerprint density at radius 3 is 2.30 bits per heavy atom. The lowest BCUT2D eigenvalue weighted by Crippen LogP contribution is -2.41. The molecule has 4 aliphatic rings. The van der Waals surface area contributed by atoms with Gasteiger partial charge in [-0.1, -0.05) is 45.1 Å². The number of rotatable bonds is 3. The van der Waals surface area contributed by atoms with Gasteiger partial charge >= 0.3 is 5.97 Å². The minimum Gasteiger partial charge on any atom is -0.546 e. The van der Waals surface area contributed by atoms with Crippen LogP contribution < -0.4 is 0 Å². The van der Waals surface area contributed by atoms with Crippen LogP contribution in [0.4, 0.5) is 0 Å². The molecule has 0 aromatic carbocycles. The van der Waals surface area contributed by atoms with E-state index in [1.807, 2.05) is 24.3 Å². The van der Waals surface area contributed by atoms with Crippen molar-refractivity contribution in [2.45, 2.75) is 50.9 Å². The van der Waals surface area contributed by atoms with Crippen molar-refractivity contribution in [1.82, 2.24) is 0 Å². The molecule has 1 heterocycles. The fourth-order valence-electron chi connectivity index (χ4n) is 3.06. The van der Waals surface area contributed by atoms with Gasteiger partial charge in [-0.15, -0.1) is 0 Å². The molecule has 0 aromatic heterocycles. The Kier molecular flexibility index (Phi) is 3.47. The van der Waals surface area contributed by atoms with E-state index in [2.05, 4.69) is 33.9 Å². The normalized spacial score (nSPS) is 32.9. The zero-order chi connectivity index (χ0) is 17.1. The number of fused-ring (bicyclic) bond motifs is 1. The van der Waals surface area contributed by atoms with Crippen LogP contribution in [0.5, 0.6) is 0 Å². The van der Waals surface area contributed by atoms with Crippen LogP contribution in [0.3, 0.4) is 0 Å². The van der Waals surface area contributed by atoms with Crippen LogP contribution in [0, 0.1) is 5.41 Å². The third-order valence-electron chi connectivity index (χ3n) is 5.72. The maximum absolute atomic E-state index is 12.4. The smallest absolute Gasteiger partial charge is 0.338 e. The predicted molar refractivity (Wildman–Crippen MR) is 91.3 cm³/mol. The molecular formula is C18H26O4Si. The topological polar surface area (TPSA) is 44.8 Å². The van der Waals surface area contributed by atoms with E-state index in [0.717, 1.165) is 5.76 Å². The molecule has 4 rings (SSSR count). The standard InChI is InChI=1S/C18H26O4Si/c1-16(2,3)23(5,6)22-13-11-18(20-4)9-7-17(8-10-18)12-21-15(19)14(13)17/h7-10H,11-12H2,1-6H3. The molecule has 0 aromatic rings. The molecule has 2 bridgehead atoms. The van der Waals surface area contributed by atoms with E-state index in [0.29, 0.717) is 18.6 Å². The number of carbonyl (C=O) groups excluding carboxylic acids is 1. The fourth-order valence-corrected chi connectivity index (χ4v) is 4.16. The Morgan fingerprint density at radius 2 is 1.78 bits per heavy atom. The molecule has 0 saturated carbocycles. The molecule has 1 fully saturated rings. The highest BCUT2D eigenvalue weighted by atomic mass is 28.4. The monoisotopic (exact) mass is 334 g/mol. The number of esters is 1. The van der Waals surface area contributed by atoms with Gasteiger partial charge in [-0.25, -0.2) is 4.79 Å². The highest BCUT2D eigenvalue weighted by Gasteiger charge is 2.52. The Hall–Kier alpha value is -1.33. The third-order valence-corrected chi connectivity index (χ3v) is 10.1. The second-order valence-corrected chi connectivity index (χ2v) is 13.0. The van der Waals surface area contributed by atoms with Crippen molar-refractivity contribution >= 4 is 14.3 Å². The minimum atomic E-state index is -2.06. The van der Waals surface area contributed by atoms with Crippen molar-refractivity contribution < 1.29 is 18.7 Å². The molecule has 5 heteroatoms. The second-order valence-electron chi connectivity index (χ2n) is 8.28. The summed E-state index contributed by atoms with van der Waals surface area (Å²) >= 11 is 0. The lowest BCUT2D eigenvalue weighted by Gasteiger charge is -2.38. The summed E-state index contributed by atoms with van der Waals surface area (Å²) in [5.41, 5.74) is -0.361. The number of ether oxygens (including phenoxy) is 2. The summed E-state index contributed by atoms with van der Waals surface area (Å²) in [6.45, 7) is 11.3. The van der Waals surface area contributed by atoms with E-state index < -0.39 is 19.3 Å². The summed E-state index contributed by atoms with van der Waals surface area (Å²) in [4.78, 5) is 12.4. The summed E-state index contributed by atoms with van der Waals surface area (Å²) in [6.07, 6.45) is 8.70. The Bertz CT molecular complexity index is 620. The van der Waals surface area contributed by atoms with Gasteiger partial charge < -0.3 is 13.9 Å². The van der Waals surface area contributed by atoms with E-state index in [1.54, 1.807) is 7.11 Å². The quantitative estimate of drug-likeness (QED) is 0.448. The molecule has 0 atom stereocenters. The van der Waals surface area contributed by atoms with Crippen molar-refractivity contribution in [3.63, 3.8) is 0 Å². The van der Waals surface area contributed by atoms with Gasteiger partial charge in [0.15, 0.2) is 0 Å². The number of carbonyl (C=O) groups is 1. The highest BCUT2D eigenvalue weighted by molar-refractivity contribution is 6.74. The van der Waals surface area contributed by atoms with Crippen molar-refractivity contribution in [1.29, 1.82) is 0 Å². The predicted octanol–water partition coefficient (Wildman–Crippen LogP) is 3.72. The Morgan fingerprint density at radius 1 is 1.17 bits per heavy atom. The second kappa shape index (κ2) is 4.83. The first-order valence-electron chi connectivity index (χ1n) is 8.10. The summed E-state index contributed by atoms with van der Waals surface area (Å²) in [5, 5.41) is 0.0582. The molecule has 0 radical (unpaired) electrons. The van der Waals surface area contributed by atoms with Gasteiger partial charge in [-0.2, -0.15) is 0 Å². The molecular weight excluding hydrogens is 308 g/mol. The maximum atomic E-state index is 12.4. The minimum absolute atomic E-state index is 0.0582. The van der Waals surface area contributed by atoms with Crippen LogP contribution in [0.15, 0.2) is 35.6 Å². The summed E-state index contributed by atoms with van der Waals surface area (Å²) in [7, 11) is -0.366. The number of methoxy groups -OCH3 is 1. The zero-order valence-corrected chi connectivity index (χ0v) is 15.9. The molecule has 1 aliphatic heterocycles. The van der Waals surface area contributed by atoms with Crippen LogP contribution >= 0.6 is 0 Å². The van der Waals surface area contributed by atoms with Crippen molar-refractivity contribution in [3.05, 3.63) is 35.6 Å². The Balaban J connectivity index is 2.10. The molecule has 1 saturated heterocycles. The van der Waals surface area contributed by atoms with Crippen molar-refractivity contribution in [3.8, 4) is 0 Å². The van der Waals surface area contributed by atoms with Gasteiger partial charge in [0.2, 0.25) is 8.32 Å². The van der Waals surface area contributed by atoms with E-state index >= 15 is 0 Å². The fraction of sp³-hybridized carbons (Fsp3) is 0.611. The molecule has 1 spiro atoms. The first kappa shape index (κ1) is 16.5. The van der Waals surface area contributed by atoms with Gasteiger partial charge in [-0.3, -0.25) is 0 Å². The maximum Gasteiger partial charge on any atom is 0.338 e. The van der Waals surface area contributed by atoms with E-state index in [1.165, 1.54) is 0 Å². The average Bonchev–Trinajstić information content (AvgIpc) is 2.63. The number of hydrogen-bond acceptors (Lipinski definition) is 4. The summed E-state index contributed by atoms with van der Waals surface area (Å²) in [5.74, 6) is 0.484. The molecule has 3 aliphatic carbocycles. The number of cyclic esters (lactones) is 1. The zero-order valence-electron chi connectivity index (χ0n) is 14.9. The molecule has 0 unspecified atom stereocenters. The van der Waals surface area contributed by atoms with Crippen LogP contribution in [0.2, 0.25) is 18.1 Å². The summed E-state index contributed by atoms with van der Waals surface area (Å²) in [6, 6.07) is 0. The lowest BCUT2D eigenvalue weighted by atomic mass is 9.79. The van der Waals surface area contributed by atoms with Crippen LogP contribution in [-0.2, 0) is 18.7 Å². The van der Waals surface area contributed by atoms with Crippen LogP contribution in [0.1, 0.15) is 27.2 Å². The first-order chi connectivity index (χ1) is 10.5. The van der Waals surface area contributed by atoms with Crippen molar-refractivity contribution in [2.75, 3.05) is 13.7 Å². The highest BCUT2D eigenvalue weighted by Crippen LogP contribution is 2.51. The largest absolute Gasteiger partial charge is 0.546 e. The van der Waals surface area contributed by atoms with Gasteiger partial charge in [0.05, 0.1) is 16.7 Å². The molecule has 0 amide bonds. The summed E-state index contributed by atoms with van der Waals surface area (Å²) < 4.78 is 17.7. The van der Waals surface area contributed by atoms with Gasteiger partial charge in [0.1, 0.15) is 12.2 Å². The molecule has 4 nitrogen and oxygen atoms in total. The third kappa shape index (κ3) is 2.41. The molecule has 0 N–H and O–H groups in total. The average molecular weight is 334 g/mol. The van der Waals surface area contributed by atoms with Gasteiger partial charge in [0.25, 0.3) is 0 Å². The number of hydrogen-bond donors (Lipinski definition) is 0. The Labute approximate surface area is 139 Å². The van der Waals surface area contributed by atoms with Gasteiger partial charge in [0, 0.05) is 13.5 Å². The SMILES string of the molecule is COC12C=CC3(C=C1)COC(=O)C3=C(O[Si](C)(C)C(C)(C)C)C2. The van der Waals surface area contributed by atoms with E-state index in [9.17, 15) is 4.79 Å².